The van der Waals surface area contributed by atoms with E-state index in [4.69, 9.17) is 9.31 Å². The van der Waals surface area contributed by atoms with Crippen LogP contribution in [0.15, 0.2) is 24.3 Å². The van der Waals surface area contributed by atoms with Gasteiger partial charge in [0.15, 0.2) is 0 Å². The van der Waals surface area contributed by atoms with E-state index in [1.54, 1.807) is 0 Å². The van der Waals surface area contributed by atoms with E-state index in [1.165, 1.54) is 12.0 Å². The fourth-order valence-electron chi connectivity index (χ4n) is 8.10. The first kappa shape index (κ1) is 28.7. The lowest BCUT2D eigenvalue weighted by atomic mass is 9.43. The number of hydrogen-bond donors (Lipinski definition) is 2. The van der Waals surface area contributed by atoms with Crippen LogP contribution in [0.3, 0.4) is 0 Å². The Morgan fingerprint density at radius 2 is 1.74 bits per heavy atom. The lowest BCUT2D eigenvalue weighted by molar-refractivity contribution is -0.199. The largest absolute Gasteiger partial charge is 0.481 e. The van der Waals surface area contributed by atoms with Crippen LogP contribution >= 0.6 is 0 Å². The van der Waals surface area contributed by atoms with Crippen molar-refractivity contribution in [2.75, 3.05) is 0 Å². The molecular formula is C32H49BN2O4. The van der Waals surface area contributed by atoms with Crippen LogP contribution in [0.4, 0.5) is 0 Å². The van der Waals surface area contributed by atoms with Gasteiger partial charge in [-0.25, -0.2) is 0 Å². The summed E-state index contributed by atoms with van der Waals surface area (Å²) in [6, 6.07) is 7.64. The molecule has 2 N–H and O–H groups in total. The highest BCUT2D eigenvalue weighted by atomic mass is 16.7. The topological polar surface area (TPSA) is 76.7 Å². The molecule has 2 unspecified atom stereocenters. The summed E-state index contributed by atoms with van der Waals surface area (Å²) < 4.78 is 13.3. The number of amides is 2. The first-order valence-electron chi connectivity index (χ1n) is 15.4. The molecule has 0 aromatic heterocycles. The number of aryl methyl sites for hydroxylation is 1. The molecule has 39 heavy (non-hydrogen) atoms. The standard InChI is InChI=1S/C32H49BN2O4/c1-19(2)15-25(34-29(36)24-14-10-12-21-11-8-9-13-23(21)24)30(37)35-28(16-20(3)4)33-38-27-18-22-17-26(31(22,5)6)32(27,7)39-33/h8-9,11,13,19-20,22,24-28H,10,12,14-18H2,1-7H3,(H,34,36)(H,35,37)/t22-,24?,25-,26-,27?,28-,32-/m0/s1. The Balaban J connectivity index is 1.30. The van der Waals surface area contributed by atoms with Crippen LogP contribution in [0.5, 0.6) is 0 Å². The molecule has 1 aliphatic heterocycles. The Hall–Kier alpha value is -1.86. The smallest absolute Gasteiger partial charge is 0.404 e. The van der Waals surface area contributed by atoms with Crippen LogP contribution in [0.2, 0.25) is 0 Å². The molecule has 1 saturated heterocycles. The molecule has 4 fully saturated rings. The highest BCUT2D eigenvalue weighted by Gasteiger charge is 2.68. The maximum atomic E-state index is 13.8. The summed E-state index contributed by atoms with van der Waals surface area (Å²) in [4.78, 5) is 27.4. The lowest BCUT2D eigenvalue weighted by Gasteiger charge is -2.64. The zero-order chi connectivity index (χ0) is 28.1. The Labute approximate surface area is 235 Å². The molecule has 0 spiro atoms. The van der Waals surface area contributed by atoms with E-state index in [2.05, 4.69) is 71.2 Å². The third-order valence-corrected chi connectivity index (χ3v) is 10.4. The van der Waals surface area contributed by atoms with Crippen molar-refractivity contribution in [3.63, 3.8) is 0 Å². The van der Waals surface area contributed by atoms with E-state index in [9.17, 15) is 9.59 Å². The predicted molar refractivity (Wildman–Crippen MR) is 155 cm³/mol. The average Bonchev–Trinajstić information content (AvgIpc) is 3.24. The van der Waals surface area contributed by atoms with Crippen LogP contribution in [0.25, 0.3) is 0 Å². The van der Waals surface area contributed by atoms with Crippen molar-refractivity contribution < 1.29 is 18.9 Å². The molecular weight excluding hydrogens is 487 g/mol. The molecule has 4 aliphatic carbocycles. The van der Waals surface area contributed by atoms with Gasteiger partial charge in [0.1, 0.15) is 6.04 Å². The van der Waals surface area contributed by atoms with E-state index >= 15 is 0 Å². The molecule has 7 atom stereocenters. The van der Waals surface area contributed by atoms with Crippen molar-refractivity contribution in [1.82, 2.24) is 10.6 Å². The molecule has 214 valence electrons. The van der Waals surface area contributed by atoms with Gasteiger partial charge in [0.05, 0.1) is 23.6 Å². The fourth-order valence-corrected chi connectivity index (χ4v) is 8.10. The SMILES string of the molecule is CC(C)C[C@H](NC(=O)[C@H](CC(C)C)NC(=O)C1CCCc2ccccc21)B1OC2C[C@@H]3C[C@@H](C3(C)C)[C@]2(C)O1. The van der Waals surface area contributed by atoms with Crippen molar-refractivity contribution >= 4 is 18.9 Å². The predicted octanol–water partition coefficient (Wildman–Crippen LogP) is 5.44. The minimum absolute atomic E-state index is 0.0442. The Morgan fingerprint density at radius 3 is 2.44 bits per heavy atom. The second-order valence-electron chi connectivity index (χ2n) is 14.4. The van der Waals surface area contributed by atoms with Gasteiger partial charge in [-0.1, -0.05) is 65.8 Å². The van der Waals surface area contributed by atoms with Gasteiger partial charge in [0, 0.05) is 0 Å². The number of hydrogen-bond acceptors (Lipinski definition) is 4. The minimum atomic E-state index is -0.590. The summed E-state index contributed by atoms with van der Waals surface area (Å²) in [5, 5.41) is 6.45. The minimum Gasteiger partial charge on any atom is -0.404 e. The van der Waals surface area contributed by atoms with E-state index in [0.717, 1.165) is 37.7 Å². The van der Waals surface area contributed by atoms with Crippen LogP contribution < -0.4 is 10.6 Å². The highest BCUT2D eigenvalue weighted by Crippen LogP contribution is 2.65. The summed E-state index contributed by atoms with van der Waals surface area (Å²) in [7, 11) is -0.470. The molecule has 6 rings (SSSR count). The lowest BCUT2D eigenvalue weighted by Crippen LogP contribution is -2.65. The molecule has 1 aromatic rings. The van der Waals surface area contributed by atoms with Crippen molar-refractivity contribution in [1.29, 1.82) is 0 Å². The molecule has 1 heterocycles. The number of nitrogens with one attached hydrogen (secondary N) is 2. The van der Waals surface area contributed by atoms with Gasteiger partial charge in [-0.2, -0.15) is 0 Å². The maximum Gasteiger partial charge on any atom is 0.481 e. The van der Waals surface area contributed by atoms with Gasteiger partial charge in [-0.15, -0.1) is 0 Å². The van der Waals surface area contributed by atoms with Crippen molar-refractivity contribution in [2.24, 2.45) is 29.1 Å². The van der Waals surface area contributed by atoms with E-state index in [-0.39, 0.29) is 46.7 Å². The van der Waals surface area contributed by atoms with Crippen molar-refractivity contribution in [3.05, 3.63) is 35.4 Å². The number of fused-ring (bicyclic) bond motifs is 1. The summed E-state index contributed by atoms with van der Waals surface area (Å²) in [6.07, 6.45) is 6.45. The summed E-state index contributed by atoms with van der Waals surface area (Å²) in [6.45, 7) is 15.5. The zero-order valence-electron chi connectivity index (χ0n) is 25.1. The number of carbonyl (C=O) groups is 2. The van der Waals surface area contributed by atoms with Gasteiger partial charge in [-0.05, 0) is 92.1 Å². The first-order chi connectivity index (χ1) is 18.4. The second kappa shape index (κ2) is 10.9. The number of rotatable bonds is 9. The number of benzene rings is 1. The monoisotopic (exact) mass is 536 g/mol. The van der Waals surface area contributed by atoms with Gasteiger partial charge in [-0.3, -0.25) is 9.59 Å². The van der Waals surface area contributed by atoms with Crippen LogP contribution in [-0.2, 0) is 25.3 Å². The molecule has 6 nitrogen and oxygen atoms in total. The Morgan fingerprint density at radius 1 is 1.03 bits per heavy atom. The third kappa shape index (κ3) is 5.42. The second-order valence-corrected chi connectivity index (χ2v) is 14.4. The maximum absolute atomic E-state index is 13.8. The normalized spacial score (nSPS) is 32.2. The summed E-state index contributed by atoms with van der Waals surface area (Å²) in [5.74, 6) is 1.13. The fraction of sp³-hybridized carbons (Fsp3) is 0.750. The number of carbonyl (C=O) groups excluding carboxylic acids is 2. The van der Waals surface area contributed by atoms with Gasteiger partial charge in [0.2, 0.25) is 11.8 Å². The molecule has 1 aromatic carbocycles. The van der Waals surface area contributed by atoms with Gasteiger partial charge < -0.3 is 19.9 Å². The Bertz CT molecular complexity index is 1070. The van der Waals surface area contributed by atoms with Crippen molar-refractivity contribution in [2.45, 2.75) is 123 Å². The summed E-state index contributed by atoms with van der Waals surface area (Å²) in [5.41, 5.74) is 2.30. The molecule has 2 bridgehead atoms. The Kier molecular flexibility index (Phi) is 7.98. The molecule has 0 radical (unpaired) electrons. The van der Waals surface area contributed by atoms with E-state index < -0.39 is 13.2 Å². The quantitative estimate of drug-likeness (QED) is 0.413. The van der Waals surface area contributed by atoms with Gasteiger partial charge >= 0.3 is 7.12 Å². The van der Waals surface area contributed by atoms with Crippen LogP contribution in [-0.4, -0.2) is 42.6 Å². The summed E-state index contributed by atoms with van der Waals surface area (Å²) >= 11 is 0. The third-order valence-electron chi connectivity index (χ3n) is 10.4. The molecule has 5 aliphatic rings. The molecule has 3 saturated carbocycles. The van der Waals surface area contributed by atoms with Crippen LogP contribution in [0, 0.1) is 29.1 Å². The van der Waals surface area contributed by atoms with E-state index in [0.29, 0.717) is 24.2 Å². The zero-order valence-corrected chi connectivity index (χ0v) is 25.1. The average molecular weight is 537 g/mol. The highest BCUT2D eigenvalue weighted by molar-refractivity contribution is 6.48. The first-order valence-corrected chi connectivity index (χ1v) is 15.4. The molecule has 7 heteroatoms. The van der Waals surface area contributed by atoms with Gasteiger partial charge in [0.25, 0.3) is 0 Å². The van der Waals surface area contributed by atoms with E-state index in [1.807, 2.05) is 12.1 Å². The van der Waals surface area contributed by atoms with Crippen LogP contribution in [0.1, 0.15) is 104 Å². The molecule has 2 amide bonds. The van der Waals surface area contributed by atoms with Crippen molar-refractivity contribution in [3.8, 4) is 0 Å².